The predicted octanol–water partition coefficient (Wildman–Crippen LogP) is 0.912. The van der Waals surface area contributed by atoms with Gasteiger partial charge in [0.1, 0.15) is 0 Å². The van der Waals surface area contributed by atoms with Gasteiger partial charge in [-0.3, -0.25) is 0 Å². The SMILES string of the molecule is CCc1cc(CC)c(NCCCN(C)CCNc2c(CC)cc(CC)cc2CC)c(CC)c1.[Cl-].[Cl-].[Co+2]. The van der Waals surface area contributed by atoms with Crippen molar-refractivity contribution in [2.75, 3.05) is 43.9 Å². The van der Waals surface area contributed by atoms with Gasteiger partial charge in [-0.2, -0.15) is 0 Å². The van der Waals surface area contributed by atoms with E-state index >= 15 is 0 Å². The summed E-state index contributed by atoms with van der Waals surface area (Å²) in [5.74, 6) is 0. The largest absolute Gasteiger partial charge is 2.00 e. The molecule has 2 N–H and O–H groups in total. The molecule has 0 saturated heterocycles. The van der Waals surface area contributed by atoms with Crippen LogP contribution in [0.15, 0.2) is 24.3 Å². The van der Waals surface area contributed by atoms with Crippen molar-refractivity contribution in [2.24, 2.45) is 0 Å². The van der Waals surface area contributed by atoms with Gasteiger partial charge < -0.3 is 40.3 Å². The van der Waals surface area contributed by atoms with Crippen LogP contribution in [0.3, 0.4) is 0 Å². The van der Waals surface area contributed by atoms with E-state index in [1.54, 1.807) is 0 Å². The molecule has 0 unspecified atom stereocenters. The minimum Gasteiger partial charge on any atom is -1.00 e. The number of aryl methyl sites for hydroxylation is 6. The number of rotatable bonds is 15. The summed E-state index contributed by atoms with van der Waals surface area (Å²) < 4.78 is 0. The number of likely N-dealkylation sites (N-methyl/N-ethyl adjacent to an activating group) is 1. The van der Waals surface area contributed by atoms with Crippen molar-refractivity contribution in [3.8, 4) is 0 Å². The van der Waals surface area contributed by atoms with Gasteiger partial charge in [0.15, 0.2) is 0 Å². The molecule has 36 heavy (non-hydrogen) atoms. The van der Waals surface area contributed by atoms with Crippen LogP contribution in [0.5, 0.6) is 0 Å². The zero-order valence-corrected chi connectivity index (χ0v) is 26.2. The maximum absolute atomic E-state index is 3.77. The van der Waals surface area contributed by atoms with Crippen LogP contribution in [0.4, 0.5) is 11.4 Å². The molecule has 0 aliphatic heterocycles. The van der Waals surface area contributed by atoms with Crippen LogP contribution in [0, 0.1) is 0 Å². The maximum Gasteiger partial charge on any atom is 2.00 e. The summed E-state index contributed by atoms with van der Waals surface area (Å²) in [4.78, 5) is 2.45. The first-order chi connectivity index (χ1) is 16.0. The van der Waals surface area contributed by atoms with E-state index in [0.717, 1.165) is 71.1 Å². The Hall–Kier alpha value is -0.914. The molecule has 0 bridgehead atoms. The number of hydrogen-bond donors (Lipinski definition) is 2. The van der Waals surface area contributed by atoms with Gasteiger partial charge in [-0.15, -0.1) is 0 Å². The Bertz CT molecular complexity index is 823. The van der Waals surface area contributed by atoms with E-state index in [2.05, 4.69) is 88.4 Å². The van der Waals surface area contributed by atoms with Crippen LogP contribution in [0.2, 0.25) is 0 Å². The molecule has 0 saturated carbocycles. The van der Waals surface area contributed by atoms with Gasteiger partial charge in [0.25, 0.3) is 0 Å². The van der Waals surface area contributed by atoms with Crippen molar-refractivity contribution in [1.29, 1.82) is 0 Å². The van der Waals surface area contributed by atoms with Crippen LogP contribution >= 0.6 is 0 Å². The number of halogens is 2. The normalized spacial score (nSPS) is 10.3. The van der Waals surface area contributed by atoms with E-state index in [4.69, 9.17) is 0 Å². The molecular formula is C30H49Cl2CoN3. The summed E-state index contributed by atoms with van der Waals surface area (Å²) >= 11 is 0. The van der Waals surface area contributed by atoms with Gasteiger partial charge in [0.2, 0.25) is 0 Å². The van der Waals surface area contributed by atoms with E-state index in [1.165, 1.54) is 44.8 Å². The predicted molar refractivity (Wildman–Crippen MR) is 148 cm³/mol. The first-order valence-electron chi connectivity index (χ1n) is 13.5. The monoisotopic (exact) mass is 580 g/mol. The summed E-state index contributed by atoms with van der Waals surface area (Å²) in [6.45, 7) is 17.8. The fraction of sp³-hybridized carbons (Fsp3) is 0.600. The Morgan fingerprint density at radius 1 is 0.556 bits per heavy atom. The van der Waals surface area contributed by atoms with Gasteiger partial charge in [-0.1, -0.05) is 65.8 Å². The number of benzene rings is 2. The molecular weight excluding hydrogens is 532 g/mol. The molecule has 0 heterocycles. The average Bonchev–Trinajstić information content (AvgIpc) is 2.85. The van der Waals surface area contributed by atoms with Crippen molar-refractivity contribution in [3.05, 3.63) is 57.6 Å². The number of hydrogen-bond acceptors (Lipinski definition) is 3. The van der Waals surface area contributed by atoms with Crippen LogP contribution in [0.25, 0.3) is 0 Å². The Morgan fingerprint density at radius 3 is 1.25 bits per heavy atom. The quantitative estimate of drug-likeness (QED) is 0.307. The molecule has 2 aromatic rings. The third-order valence-corrected chi connectivity index (χ3v) is 6.88. The Kier molecular flexibility index (Phi) is 20.8. The first-order valence-corrected chi connectivity index (χ1v) is 13.5. The minimum atomic E-state index is 0. The Morgan fingerprint density at radius 2 is 0.917 bits per heavy atom. The number of anilines is 2. The van der Waals surface area contributed by atoms with Crippen molar-refractivity contribution in [3.63, 3.8) is 0 Å². The molecule has 0 fully saturated rings. The average molecular weight is 582 g/mol. The number of nitrogens with one attached hydrogen (secondary N) is 2. The zero-order chi connectivity index (χ0) is 24.2. The zero-order valence-electron chi connectivity index (χ0n) is 23.6. The fourth-order valence-corrected chi connectivity index (χ4v) is 4.70. The molecule has 6 heteroatoms. The van der Waals surface area contributed by atoms with E-state index < -0.39 is 0 Å². The molecule has 207 valence electrons. The minimum absolute atomic E-state index is 0. The molecule has 0 amide bonds. The van der Waals surface area contributed by atoms with E-state index in [0.29, 0.717) is 0 Å². The van der Waals surface area contributed by atoms with Crippen LogP contribution in [0.1, 0.15) is 81.3 Å². The van der Waals surface area contributed by atoms with Crippen LogP contribution < -0.4 is 35.4 Å². The molecule has 3 nitrogen and oxygen atoms in total. The van der Waals surface area contributed by atoms with E-state index in [-0.39, 0.29) is 41.6 Å². The molecule has 1 radical (unpaired) electrons. The molecule has 2 rings (SSSR count). The second-order valence-electron chi connectivity index (χ2n) is 9.21. The third-order valence-electron chi connectivity index (χ3n) is 6.88. The number of nitrogens with zero attached hydrogens (tertiary/aromatic N) is 1. The summed E-state index contributed by atoms with van der Waals surface area (Å²) in [5, 5.41) is 7.54. The summed E-state index contributed by atoms with van der Waals surface area (Å²) in [7, 11) is 2.24. The maximum atomic E-state index is 3.77. The second-order valence-corrected chi connectivity index (χ2v) is 9.21. The molecule has 0 aliphatic rings. The standard InChI is InChI=1S/C30H49N3.2ClH.Co/c1-8-23-19-25(10-3)29(26(11-4)20-23)31-15-14-17-33(7)18-16-32-30-27(12-5)21-24(9-2)22-28(30)13-6;;;/h19-22,31-32H,8-18H2,1-7H3;2*1H;/q;;;+2/p-2. The summed E-state index contributed by atoms with van der Waals surface area (Å²) in [6.07, 6.45) is 7.73. The van der Waals surface area contributed by atoms with Gasteiger partial charge >= 0.3 is 16.8 Å². The molecule has 0 aliphatic carbocycles. The third kappa shape index (κ3) is 10.8. The topological polar surface area (TPSA) is 27.3 Å². The van der Waals surface area contributed by atoms with E-state index in [9.17, 15) is 0 Å². The van der Waals surface area contributed by atoms with Crippen LogP contribution in [-0.4, -0.2) is 38.1 Å². The smallest absolute Gasteiger partial charge is 1.00 e. The molecule has 0 atom stereocenters. The van der Waals surface area contributed by atoms with Crippen molar-refractivity contribution < 1.29 is 41.6 Å². The van der Waals surface area contributed by atoms with Crippen molar-refractivity contribution in [1.82, 2.24) is 4.90 Å². The van der Waals surface area contributed by atoms with Gasteiger partial charge in [-0.25, -0.2) is 0 Å². The second kappa shape index (κ2) is 20.1. The Balaban J connectivity index is 0. The van der Waals surface area contributed by atoms with Crippen molar-refractivity contribution >= 4 is 11.4 Å². The van der Waals surface area contributed by atoms with Gasteiger partial charge in [0.05, 0.1) is 0 Å². The molecule has 0 spiro atoms. The molecule has 2 aromatic carbocycles. The van der Waals surface area contributed by atoms with Crippen molar-refractivity contribution in [2.45, 2.75) is 86.5 Å². The summed E-state index contributed by atoms with van der Waals surface area (Å²) in [5.41, 5.74) is 11.5. The first kappa shape index (κ1) is 37.2. The fourth-order valence-electron chi connectivity index (χ4n) is 4.70. The van der Waals surface area contributed by atoms with Crippen LogP contribution in [-0.2, 0) is 55.3 Å². The summed E-state index contributed by atoms with van der Waals surface area (Å²) in [6, 6.07) is 9.56. The Labute approximate surface area is 245 Å². The van der Waals surface area contributed by atoms with Gasteiger partial charge in [0, 0.05) is 31.0 Å². The van der Waals surface area contributed by atoms with E-state index in [1.807, 2.05) is 0 Å². The van der Waals surface area contributed by atoms with Gasteiger partial charge in [-0.05, 0) is 91.9 Å². The molecule has 0 aromatic heterocycles.